The van der Waals surface area contributed by atoms with Crippen LogP contribution < -0.4 is 9.47 Å². The molecule has 0 saturated heterocycles. The first-order valence-electron chi connectivity index (χ1n) is 6.09. The van der Waals surface area contributed by atoms with Gasteiger partial charge in [-0.3, -0.25) is 4.90 Å². The molecule has 1 aliphatic rings. The van der Waals surface area contributed by atoms with Crippen LogP contribution in [0.1, 0.15) is 18.4 Å². The molecule has 0 spiro atoms. The van der Waals surface area contributed by atoms with E-state index in [9.17, 15) is 5.26 Å². The van der Waals surface area contributed by atoms with Crippen molar-refractivity contribution in [1.82, 2.24) is 4.90 Å². The van der Waals surface area contributed by atoms with Crippen molar-refractivity contribution < 1.29 is 9.47 Å². The van der Waals surface area contributed by atoms with E-state index in [-0.39, 0.29) is 12.0 Å². The Morgan fingerprint density at radius 2 is 1.89 bits per heavy atom. The van der Waals surface area contributed by atoms with E-state index < -0.39 is 0 Å². The fourth-order valence-corrected chi connectivity index (χ4v) is 2.20. The molecule has 96 valence electrons. The van der Waals surface area contributed by atoms with Gasteiger partial charge in [0.25, 0.3) is 0 Å². The number of fused-ring (bicyclic) bond motifs is 1. The minimum atomic E-state index is -0.146. The van der Waals surface area contributed by atoms with E-state index in [1.165, 1.54) is 0 Å². The van der Waals surface area contributed by atoms with E-state index in [0.29, 0.717) is 13.2 Å². The molecule has 0 N–H and O–H groups in total. The van der Waals surface area contributed by atoms with Crippen LogP contribution in [0.25, 0.3) is 0 Å². The molecule has 1 aliphatic heterocycles. The normalized spacial score (nSPS) is 17.1. The lowest BCUT2D eigenvalue weighted by atomic mass is 9.93. The third-order valence-corrected chi connectivity index (χ3v) is 3.25. The molecular formula is C14H18N2O2. The highest BCUT2D eigenvalue weighted by molar-refractivity contribution is 5.45. The predicted molar refractivity (Wildman–Crippen MR) is 68.9 cm³/mol. The summed E-state index contributed by atoms with van der Waals surface area (Å²) in [5.41, 5.74) is 1.10. The van der Waals surface area contributed by atoms with Crippen LogP contribution >= 0.6 is 0 Å². The molecule has 0 fully saturated rings. The first-order chi connectivity index (χ1) is 8.63. The molecule has 1 aromatic carbocycles. The van der Waals surface area contributed by atoms with Crippen molar-refractivity contribution in [3.05, 3.63) is 23.8 Å². The number of hydrogen-bond acceptors (Lipinski definition) is 4. The van der Waals surface area contributed by atoms with Crippen LogP contribution in [0.15, 0.2) is 18.2 Å². The molecule has 4 heteroatoms. The first-order valence-corrected chi connectivity index (χ1v) is 6.09. The number of ether oxygens (including phenoxy) is 2. The maximum Gasteiger partial charge on any atom is 0.161 e. The van der Waals surface area contributed by atoms with Crippen LogP contribution in [0, 0.1) is 11.3 Å². The summed E-state index contributed by atoms with van der Waals surface area (Å²) in [5.74, 6) is 1.69. The zero-order chi connectivity index (χ0) is 13.1. The quantitative estimate of drug-likeness (QED) is 0.818. The third kappa shape index (κ3) is 2.41. The van der Waals surface area contributed by atoms with Gasteiger partial charge in [0, 0.05) is 5.92 Å². The Kier molecular flexibility index (Phi) is 3.73. The number of likely N-dealkylation sites (N-methyl/N-ethyl adjacent to an activating group) is 1. The van der Waals surface area contributed by atoms with Crippen molar-refractivity contribution in [2.45, 2.75) is 18.9 Å². The lowest BCUT2D eigenvalue weighted by Gasteiger charge is -2.25. The highest BCUT2D eigenvalue weighted by Gasteiger charge is 2.22. The highest BCUT2D eigenvalue weighted by atomic mass is 16.6. The molecular weight excluding hydrogens is 228 g/mol. The van der Waals surface area contributed by atoms with E-state index >= 15 is 0 Å². The summed E-state index contributed by atoms with van der Waals surface area (Å²) >= 11 is 0. The average molecular weight is 246 g/mol. The van der Waals surface area contributed by atoms with E-state index in [1.807, 2.05) is 37.2 Å². The van der Waals surface area contributed by atoms with Gasteiger partial charge in [-0.15, -0.1) is 0 Å². The second-order valence-corrected chi connectivity index (χ2v) is 4.73. The minimum absolute atomic E-state index is 0.126. The molecule has 2 unspecified atom stereocenters. The number of rotatable bonds is 3. The average Bonchev–Trinajstić information content (AvgIpc) is 2.38. The molecule has 2 rings (SSSR count). The van der Waals surface area contributed by atoms with Crippen LogP contribution in [-0.4, -0.2) is 38.3 Å². The Labute approximate surface area is 108 Å². The molecule has 1 heterocycles. The second kappa shape index (κ2) is 5.28. The molecule has 1 aromatic rings. The number of nitrogens with zero attached hydrogens (tertiary/aromatic N) is 2. The van der Waals surface area contributed by atoms with Gasteiger partial charge in [0.2, 0.25) is 0 Å². The van der Waals surface area contributed by atoms with E-state index in [1.54, 1.807) is 0 Å². The van der Waals surface area contributed by atoms with E-state index in [4.69, 9.17) is 9.47 Å². The SMILES string of the molecule is CC(c1ccc2c(c1)OCCO2)C(C#N)N(C)C. The zero-order valence-corrected chi connectivity index (χ0v) is 11.0. The van der Waals surface area contributed by atoms with Crippen molar-refractivity contribution >= 4 is 0 Å². The summed E-state index contributed by atoms with van der Waals surface area (Å²) in [4.78, 5) is 1.93. The summed E-state index contributed by atoms with van der Waals surface area (Å²) in [7, 11) is 3.84. The summed E-state index contributed by atoms with van der Waals surface area (Å²) in [6.45, 7) is 3.24. The van der Waals surface area contributed by atoms with Gasteiger partial charge >= 0.3 is 0 Å². The summed E-state index contributed by atoms with van der Waals surface area (Å²) in [5, 5.41) is 9.22. The monoisotopic (exact) mass is 246 g/mol. The standard InChI is InChI=1S/C14H18N2O2/c1-10(12(9-15)16(2)3)11-4-5-13-14(8-11)18-7-6-17-13/h4-5,8,10,12H,6-7H2,1-3H3. The van der Waals surface area contributed by atoms with Gasteiger partial charge < -0.3 is 9.47 Å². The molecule has 0 aliphatic carbocycles. The lowest BCUT2D eigenvalue weighted by Crippen LogP contribution is -2.31. The van der Waals surface area contributed by atoms with Gasteiger partial charge in [-0.1, -0.05) is 13.0 Å². The van der Waals surface area contributed by atoms with Crippen molar-refractivity contribution in [1.29, 1.82) is 5.26 Å². The Morgan fingerprint density at radius 1 is 1.22 bits per heavy atom. The van der Waals surface area contributed by atoms with E-state index in [2.05, 4.69) is 13.0 Å². The fraction of sp³-hybridized carbons (Fsp3) is 0.500. The third-order valence-electron chi connectivity index (χ3n) is 3.25. The Morgan fingerprint density at radius 3 is 2.50 bits per heavy atom. The van der Waals surface area contributed by atoms with Gasteiger partial charge in [0.1, 0.15) is 19.3 Å². The Hall–Kier alpha value is -1.73. The minimum Gasteiger partial charge on any atom is -0.486 e. The van der Waals surface area contributed by atoms with Crippen LogP contribution in [0.2, 0.25) is 0 Å². The van der Waals surface area contributed by atoms with E-state index in [0.717, 1.165) is 17.1 Å². The highest BCUT2D eigenvalue weighted by Crippen LogP contribution is 2.34. The smallest absolute Gasteiger partial charge is 0.161 e. The molecule has 18 heavy (non-hydrogen) atoms. The molecule has 0 saturated carbocycles. The zero-order valence-electron chi connectivity index (χ0n) is 11.0. The maximum atomic E-state index is 9.22. The molecule has 0 aromatic heterocycles. The largest absolute Gasteiger partial charge is 0.486 e. The van der Waals surface area contributed by atoms with Gasteiger partial charge in [0.15, 0.2) is 11.5 Å². The maximum absolute atomic E-state index is 9.22. The Bertz CT molecular complexity index is 465. The van der Waals surface area contributed by atoms with Crippen LogP contribution in [0.4, 0.5) is 0 Å². The second-order valence-electron chi connectivity index (χ2n) is 4.73. The van der Waals surface area contributed by atoms with Crippen molar-refractivity contribution in [2.24, 2.45) is 0 Å². The van der Waals surface area contributed by atoms with Gasteiger partial charge in [0.05, 0.1) is 6.07 Å². The van der Waals surface area contributed by atoms with Crippen molar-refractivity contribution in [3.63, 3.8) is 0 Å². The lowest BCUT2D eigenvalue weighted by molar-refractivity contribution is 0.171. The summed E-state index contributed by atoms with van der Waals surface area (Å²) in [6, 6.07) is 8.09. The number of benzene rings is 1. The van der Waals surface area contributed by atoms with Crippen molar-refractivity contribution in [2.75, 3.05) is 27.3 Å². The Balaban J connectivity index is 2.26. The summed E-state index contributed by atoms with van der Waals surface area (Å²) in [6.07, 6.45) is 0. The molecule has 2 atom stereocenters. The molecule has 0 radical (unpaired) electrons. The van der Waals surface area contributed by atoms with Gasteiger partial charge in [-0.05, 0) is 31.8 Å². The predicted octanol–water partition coefficient (Wildman–Crippen LogP) is 2.02. The van der Waals surface area contributed by atoms with Crippen LogP contribution in [0.3, 0.4) is 0 Å². The van der Waals surface area contributed by atoms with Gasteiger partial charge in [-0.25, -0.2) is 0 Å². The van der Waals surface area contributed by atoms with Crippen molar-refractivity contribution in [3.8, 4) is 17.6 Å². The number of hydrogen-bond donors (Lipinski definition) is 0. The molecule has 0 amide bonds. The molecule has 0 bridgehead atoms. The molecule has 4 nitrogen and oxygen atoms in total. The fourth-order valence-electron chi connectivity index (χ4n) is 2.20. The van der Waals surface area contributed by atoms with Crippen LogP contribution in [-0.2, 0) is 0 Å². The van der Waals surface area contributed by atoms with Gasteiger partial charge in [-0.2, -0.15) is 5.26 Å². The first kappa shape index (κ1) is 12.7. The topological polar surface area (TPSA) is 45.5 Å². The summed E-state index contributed by atoms with van der Waals surface area (Å²) < 4.78 is 11.1. The number of nitriles is 1. The van der Waals surface area contributed by atoms with Crippen LogP contribution in [0.5, 0.6) is 11.5 Å².